The predicted molar refractivity (Wildman–Crippen MR) is 161 cm³/mol. The molecule has 2 saturated heterocycles. The van der Waals surface area contributed by atoms with Crippen molar-refractivity contribution in [2.24, 2.45) is 0 Å². The van der Waals surface area contributed by atoms with E-state index in [-0.39, 0.29) is 33.0 Å². The van der Waals surface area contributed by atoms with Crippen molar-refractivity contribution in [1.29, 1.82) is 0 Å². The number of alkyl halides is 3. The summed E-state index contributed by atoms with van der Waals surface area (Å²) in [6.07, 6.45) is 0.747. The molecule has 14 nitrogen and oxygen atoms in total. The van der Waals surface area contributed by atoms with Gasteiger partial charge < -0.3 is 25.5 Å². The van der Waals surface area contributed by atoms with Gasteiger partial charge >= 0.3 is 12.1 Å². The first-order valence-corrected chi connectivity index (χ1v) is 14.5. The second-order valence-electron chi connectivity index (χ2n) is 9.69. The first-order valence-electron chi connectivity index (χ1n) is 13.7. The molecule has 2 aromatic carbocycles. The minimum atomic E-state index is -5.08. The Morgan fingerprint density at radius 1 is 0.761 bits per heavy atom. The smallest absolute Gasteiger partial charge is 0.475 e. The zero-order chi connectivity index (χ0) is 33.9. The Kier molecular flexibility index (Phi) is 12.8. The summed E-state index contributed by atoms with van der Waals surface area (Å²) in [6, 6.07) is 8.97. The number of benzene rings is 2. The third kappa shape index (κ3) is 10.7. The number of hydrogen-bond acceptors (Lipinski definition) is 10. The minimum Gasteiger partial charge on any atom is -0.475 e. The van der Waals surface area contributed by atoms with Crippen molar-refractivity contribution in [3.8, 4) is 0 Å². The summed E-state index contributed by atoms with van der Waals surface area (Å²) in [5, 5.41) is 37.1. The van der Waals surface area contributed by atoms with Crippen LogP contribution in [0.3, 0.4) is 0 Å². The fourth-order valence-corrected chi connectivity index (χ4v) is 5.15. The van der Waals surface area contributed by atoms with Crippen molar-refractivity contribution in [1.82, 2.24) is 20.4 Å². The highest BCUT2D eigenvalue weighted by Gasteiger charge is 2.38. The van der Waals surface area contributed by atoms with E-state index in [2.05, 4.69) is 10.6 Å². The van der Waals surface area contributed by atoms with E-state index in [1.165, 1.54) is 48.6 Å². The van der Waals surface area contributed by atoms with E-state index in [0.29, 0.717) is 37.3 Å². The Labute approximate surface area is 264 Å². The number of rotatable bonds is 8. The Morgan fingerprint density at radius 3 is 1.41 bits per heavy atom. The molecular formula is C28H29F3N6O8S. The Balaban J connectivity index is 0.000000738. The lowest BCUT2D eigenvalue weighted by Gasteiger charge is -2.26. The maximum absolute atomic E-state index is 12.4. The van der Waals surface area contributed by atoms with E-state index < -0.39 is 22.0 Å². The Morgan fingerprint density at radius 2 is 1.11 bits per heavy atom. The number of amides is 2. The standard InChI is InChI=1S/C26H28N6O6S.C2HF3O2/c33-25(29-13-9-27-10-14-29)7-3-19-1-5-23(21(17-19)31(35)36)39-24-6-2-20(18-22(24)32(37)38)4-8-26(34)30-15-11-28-12-16-30;3-2(4,5)1(6)7/h1-8,17-18,27-28H,9-16H2;(H,6,7)/b7-3+,8-4+;. The van der Waals surface area contributed by atoms with Crippen LogP contribution < -0.4 is 10.6 Å². The molecule has 2 aliphatic rings. The number of halogens is 3. The summed E-state index contributed by atoms with van der Waals surface area (Å²) in [4.78, 5) is 60.0. The van der Waals surface area contributed by atoms with E-state index in [9.17, 15) is 43.0 Å². The number of carbonyl (C=O) groups is 3. The summed E-state index contributed by atoms with van der Waals surface area (Å²) < 4.78 is 31.7. The van der Waals surface area contributed by atoms with Gasteiger partial charge in [0, 0.05) is 76.6 Å². The maximum Gasteiger partial charge on any atom is 0.490 e. The van der Waals surface area contributed by atoms with E-state index >= 15 is 0 Å². The molecule has 0 atom stereocenters. The third-order valence-corrected chi connectivity index (χ3v) is 7.65. The summed E-state index contributed by atoms with van der Waals surface area (Å²) in [7, 11) is 0. The number of carboxylic acids is 1. The average molecular weight is 667 g/mol. The highest BCUT2D eigenvalue weighted by atomic mass is 32.2. The molecule has 2 aliphatic heterocycles. The number of nitrogens with zero attached hydrogens (tertiary/aromatic N) is 4. The molecule has 2 fully saturated rings. The van der Waals surface area contributed by atoms with Gasteiger partial charge in [-0.05, 0) is 35.4 Å². The zero-order valence-corrected chi connectivity index (χ0v) is 24.9. The molecule has 0 aromatic heterocycles. The second-order valence-corrected chi connectivity index (χ2v) is 10.8. The van der Waals surface area contributed by atoms with E-state index in [1.54, 1.807) is 21.9 Å². The molecule has 46 heavy (non-hydrogen) atoms. The highest BCUT2D eigenvalue weighted by molar-refractivity contribution is 7.99. The number of nitro groups is 2. The van der Waals surface area contributed by atoms with Crippen molar-refractivity contribution in [3.63, 3.8) is 0 Å². The minimum absolute atomic E-state index is 0.169. The number of piperazine rings is 2. The predicted octanol–water partition coefficient (Wildman–Crippen LogP) is 3.18. The van der Waals surface area contributed by atoms with Gasteiger partial charge in [0.1, 0.15) is 0 Å². The fourth-order valence-electron chi connectivity index (χ4n) is 4.17. The molecule has 4 rings (SSSR count). The van der Waals surface area contributed by atoms with Crippen molar-refractivity contribution in [2.45, 2.75) is 16.0 Å². The molecule has 2 heterocycles. The lowest BCUT2D eigenvalue weighted by Crippen LogP contribution is -2.45. The Hall–Kier alpha value is -4.81. The van der Waals surface area contributed by atoms with Crippen LogP contribution in [0.15, 0.2) is 58.3 Å². The second kappa shape index (κ2) is 16.5. The first-order chi connectivity index (χ1) is 21.8. The molecule has 0 radical (unpaired) electrons. The average Bonchev–Trinajstić information content (AvgIpc) is 3.03. The van der Waals surface area contributed by atoms with Crippen LogP contribution in [-0.2, 0) is 14.4 Å². The van der Waals surface area contributed by atoms with Crippen molar-refractivity contribution in [2.75, 3.05) is 52.4 Å². The van der Waals surface area contributed by atoms with Crippen LogP contribution in [0, 0.1) is 20.2 Å². The van der Waals surface area contributed by atoms with Gasteiger partial charge in [-0.3, -0.25) is 29.8 Å². The van der Waals surface area contributed by atoms with Crippen LogP contribution in [-0.4, -0.2) is 101 Å². The normalized spacial score (nSPS) is 15.4. The largest absolute Gasteiger partial charge is 0.490 e. The van der Waals surface area contributed by atoms with E-state index in [4.69, 9.17) is 9.90 Å². The summed E-state index contributed by atoms with van der Waals surface area (Å²) in [5.41, 5.74) is 0.491. The van der Waals surface area contributed by atoms with Gasteiger partial charge in [0.25, 0.3) is 11.4 Å². The molecule has 0 aliphatic carbocycles. The van der Waals surface area contributed by atoms with Gasteiger partial charge in [-0.15, -0.1) is 0 Å². The number of hydrogen-bond donors (Lipinski definition) is 3. The van der Waals surface area contributed by atoms with Gasteiger partial charge in [0.05, 0.1) is 19.6 Å². The molecular weight excluding hydrogens is 637 g/mol. The number of carbonyl (C=O) groups excluding carboxylic acids is 2. The van der Waals surface area contributed by atoms with Gasteiger partial charge in [0.15, 0.2) is 0 Å². The van der Waals surface area contributed by atoms with Gasteiger partial charge in [-0.2, -0.15) is 13.2 Å². The van der Waals surface area contributed by atoms with Crippen molar-refractivity contribution >= 4 is 53.1 Å². The first kappa shape index (κ1) is 35.7. The van der Waals surface area contributed by atoms with Crippen LogP contribution >= 0.6 is 11.8 Å². The lowest BCUT2D eigenvalue weighted by molar-refractivity contribution is -0.388. The number of nitrogens with one attached hydrogen (secondary N) is 2. The highest BCUT2D eigenvalue weighted by Crippen LogP contribution is 2.40. The van der Waals surface area contributed by atoms with Gasteiger partial charge in [-0.1, -0.05) is 23.9 Å². The van der Waals surface area contributed by atoms with Crippen LogP contribution in [0.4, 0.5) is 24.5 Å². The molecule has 246 valence electrons. The molecule has 18 heteroatoms. The number of carboxylic acid groups (broad SMARTS) is 1. The lowest BCUT2D eigenvalue weighted by atomic mass is 10.2. The molecule has 0 saturated carbocycles. The Bertz CT molecular complexity index is 1420. The summed E-state index contributed by atoms with van der Waals surface area (Å²) in [6.45, 7) is 5.25. The molecule has 2 aromatic rings. The van der Waals surface area contributed by atoms with Crippen LogP contribution in [0.2, 0.25) is 0 Å². The quantitative estimate of drug-likeness (QED) is 0.213. The fraction of sp³-hybridized carbons (Fsp3) is 0.321. The SMILES string of the molecule is O=C(/C=C/c1ccc(Sc2ccc(/C=C/C(=O)N3CCNCC3)cc2[N+](=O)[O-])c([N+](=O)[O-])c1)N1CCNCC1.O=C(O)C(F)(F)F. The molecule has 3 N–H and O–H groups in total. The molecule has 2 amide bonds. The zero-order valence-electron chi connectivity index (χ0n) is 24.1. The number of nitro benzene ring substituents is 2. The van der Waals surface area contributed by atoms with Crippen molar-refractivity contribution in [3.05, 3.63) is 79.9 Å². The van der Waals surface area contributed by atoms with Crippen LogP contribution in [0.1, 0.15) is 11.1 Å². The molecule has 0 unspecified atom stereocenters. The van der Waals surface area contributed by atoms with Crippen LogP contribution in [0.5, 0.6) is 0 Å². The van der Waals surface area contributed by atoms with E-state index in [0.717, 1.165) is 37.9 Å². The van der Waals surface area contributed by atoms with Crippen LogP contribution in [0.25, 0.3) is 12.2 Å². The van der Waals surface area contributed by atoms with Crippen molar-refractivity contribution < 1.29 is 42.5 Å². The molecule has 0 spiro atoms. The summed E-state index contributed by atoms with van der Waals surface area (Å²) >= 11 is 0.913. The van der Waals surface area contributed by atoms with Gasteiger partial charge in [-0.25, -0.2) is 4.79 Å². The summed E-state index contributed by atoms with van der Waals surface area (Å²) in [5.74, 6) is -3.10. The molecule has 0 bridgehead atoms. The third-order valence-electron chi connectivity index (χ3n) is 6.52. The maximum atomic E-state index is 12.4. The monoisotopic (exact) mass is 666 g/mol. The van der Waals surface area contributed by atoms with Gasteiger partial charge in [0.2, 0.25) is 11.8 Å². The number of aliphatic carboxylic acids is 1. The topological polar surface area (TPSA) is 188 Å². The van der Waals surface area contributed by atoms with E-state index in [1.807, 2.05) is 0 Å².